The summed E-state index contributed by atoms with van der Waals surface area (Å²) in [6, 6.07) is 4.56. The number of hydrogen-bond acceptors (Lipinski definition) is 3. The van der Waals surface area contributed by atoms with Crippen molar-refractivity contribution in [2.45, 2.75) is 32.6 Å². The van der Waals surface area contributed by atoms with Gasteiger partial charge in [-0.3, -0.25) is 9.59 Å². The van der Waals surface area contributed by atoms with E-state index in [9.17, 15) is 14.0 Å². The molecule has 6 heteroatoms. The van der Waals surface area contributed by atoms with Crippen LogP contribution in [0.15, 0.2) is 18.2 Å². The fourth-order valence-electron chi connectivity index (χ4n) is 2.80. The van der Waals surface area contributed by atoms with Crippen LogP contribution in [0.3, 0.4) is 0 Å². The summed E-state index contributed by atoms with van der Waals surface area (Å²) in [5.74, 6) is -0.166. The van der Waals surface area contributed by atoms with Crippen LogP contribution in [0.4, 0.5) is 4.39 Å². The molecule has 0 atom stereocenters. The second-order valence-electron chi connectivity index (χ2n) is 6.01. The maximum absolute atomic E-state index is 13.7. The Balaban J connectivity index is 1.84. The standard InChI is InChI=1S/C18H25FN2O3/c1-3-4-5-17(22)20-8-10-21(11-9-20)18(23)13-14-6-7-16(24-2)15(19)12-14/h6-7,12H,3-5,8-11,13H2,1-2H3. The molecule has 132 valence electrons. The van der Waals surface area contributed by atoms with Crippen molar-refractivity contribution in [2.24, 2.45) is 0 Å². The van der Waals surface area contributed by atoms with Crippen molar-refractivity contribution < 1.29 is 18.7 Å². The lowest BCUT2D eigenvalue weighted by atomic mass is 10.1. The summed E-state index contributed by atoms with van der Waals surface area (Å²) in [7, 11) is 1.41. The number of carbonyl (C=O) groups excluding carboxylic acids is 2. The highest BCUT2D eigenvalue weighted by Crippen LogP contribution is 2.18. The molecule has 1 heterocycles. The van der Waals surface area contributed by atoms with Gasteiger partial charge in [0.2, 0.25) is 11.8 Å². The number of nitrogens with zero attached hydrogens (tertiary/aromatic N) is 2. The Kier molecular flexibility index (Phi) is 6.58. The molecule has 1 aromatic carbocycles. The Bertz CT molecular complexity index is 584. The van der Waals surface area contributed by atoms with E-state index in [2.05, 4.69) is 6.92 Å². The first kappa shape index (κ1) is 18.2. The maximum Gasteiger partial charge on any atom is 0.227 e. The minimum atomic E-state index is -0.464. The molecular weight excluding hydrogens is 311 g/mol. The number of ether oxygens (including phenoxy) is 1. The van der Waals surface area contributed by atoms with Gasteiger partial charge in [-0.2, -0.15) is 0 Å². The summed E-state index contributed by atoms with van der Waals surface area (Å²) >= 11 is 0. The highest BCUT2D eigenvalue weighted by molar-refractivity contribution is 5.80. The Morgan fingerprint density at radius 2 is 1.75 bits per heavy atom. The zero-order chi connectivity index (χ0) is 17.5. The minimum absolute atomic E-state index is 0.0415. The molecule has 0 unspecified atom stereocenters. The number of hydrogen-bond donors (Lipinski definition) is 0. The molecule has 5 nitrogen and oxygen atoms in total. The van der Waals surface area contributed by atoms with Crippen LogP contribution in [0.1, 0.15) is 31.7 Å². The van der Waals surface area contributed by atoms with Crippen LogP contribution < -0.4 is 4.74 Å². The number of methoxy groups -OCH3 is 1. The van der Waals surface area contributed by atoms with Gasteiger partial charge in [0, 0.05) is 32.6 Å². The second-order valence-corrected chi connectivity index (χ2v) is 6.01. The van der Waals surface area contributed by atoms with Gasteiger partial charge in [-0.1, -0.05) is 19.4 Å². The van der Waals surface area contributed by atoms with Crippen LogP contribution in [-0.2, 0) is 16.0 Å². The third-order valence-electron chi connectivity index (χ3n) is 4.30. The van der Waals surface area contributed by atoms with Gasteiger partial charge >= 0.3 is 0 Å². The van der Waals surface area contributed by atoms with Gasteiger partial charge in [-0.25, -0.2) is 4.39 Å². The summed E-state index contributed by atoms with van der Waals surface area (Å²) < 4.78 is 18.6. The zero-order valence-electron chi connectivity index (χ0n) is 14.4. The molecule has 2 rings (SSSR count). The lowest BCUT2D eigenvalue weighted by Gasteiger charge is -2.35. The highest BCUT2D eigenvalue weighted by atomic mass is 19.1. The lowest BCUT2D eigenvalue weighted by Crippen LogP contribution is -2.50. The molecule has 0 aromatic heterocycles. The number of piperazine rings is 1. The predicted octanol–water partition coefficient (Wildman–Crippen LogP) is 2.24. The Morgan fingerprint density at radius 1 is 1.12 bits per heavy atom. The van der Waals surface area contributed by atoms with E-state index >= 15 is 0 Å². The Hall–Kier alpha value is -2.11. The van der Waals surface area contributed by atoms with Crippen LogP contribution >= 0.6 is 0 Å². The van der Waals surface area contributed by atoms with Gasteiger partial charge in [-0.15, -0.1) is 0 Å². The monoisotopic (exact) mass is 336 g/mol. The summed E-state index contributed by atoms with van der Waals surface area (Å²) in [6.45, 7) is 4.28. The summed E-state index contributed by atoms with van der Waals surface area (Å²) in [4.78, 5) is 27.9. The van der Waals surface area contributed by atoms with Crippen molar-refractivity contribution >= 4 is 11.8 Å². The molecule has 0 spiro atoms. The quantitative estimate of drug-likeness (QED) is 0.800. The molecule has 24 heavy (non-hydrogen) atoms. The summed E-state index contributed by atoms with van der Waals surface area (Å²) in [6.07, 6.45) is 2.64. The SMILES string of the molecule is CCCCC(=O)N1CCN(C(=O)Cc2ccc(OC)c(F)c2)CC1. The molecule has 0 bridgehead atoms. The van der Waals surface area contributed by atoms with Crippen LogP contribution in [0.25, 0.3) is 0 Å². The van der Waals surface area contributed by atoms with Crippen LogP contribution in [0.5, 0.6) is 5.75 Å². The highest BCUT2D eigenvalue weighted by Gasteiger charge is 2.23. The molecule has 2 amide bonds. The van der Waals surface area contributed by atoms with Crippen molar-refractivity contribution in [1.29, 1.82) is 0 Å². The van der Waals surface area contributed by atoms with Gasteiger partial charge in [0.15, 0.2) is 11.6 Å². The summed E-state index contributed by atoms with van der Waals surface area (Å²) in [5.41, 5.74) is 0.625. The van der Waals surface area contributed by atoms with Crippen LogP contribution in [0, 0.1) is 5.82 Å². The normalized spacial score (nSPS) is 14.6. The van der Waals surface area contributed by atoms with Crippen molar-refractivity contribution in [2.75, 3.05) is 33.3 Å². The van der Waals surface area contributed by atoms with Gasteiger partial charge in [0.25, 0.3) is 0 Å². The summed E-state index contributed by atoms with van der Waals surface area (Å²) in [5, 5.41) is 0. The maximum atomic E-state index is 13.7. The molecule has 0 aliphatic carbocycles. The fourth-order valence-corrected chi connectivity index (χ4v) is 2.80. The topological polar surface area (TPSA) is 49.9 Å². The van der Waals surface area contributed by atoms with Crippen molar-refractivity contribution in [3.8, 4) is 5.75 Å². The van der Waals surface area contributed by atoms with Gasteiger partial charge in [0.1, 0.15) is 0 Å². The molecule has 1 fully saturated rings. The number of amides is 2. The molecule has 0 N–H and O–H groups in total. The van der Waals surface area contributed by atoms with E-state index in [1.807, 2.05) is 4.90 Å². The van der Waals surface area contributed by atoms with Crippen molar-refractivity contribution in [3.05, 3.63) is 29.6 Å². The third kappa shape index (κ3) is 4.69. The van der Waals surface area contributed by atoms with Gasteiger partial charge in [0.05, 0.1) is 13.5 Å². The lowest BCUT2D eigenvalue weighted by molar-refractivity contribution is -0.139. The van der Waals surface area contributed by atoms with E-state index in [0.29, 0.717) is 38.2 Å². The molecule has 1 saturated heterocycles. The predicted molar refractivity (Wildman–Crippen MR) is 89.3 cm³/mol. The average molecular weight is 336 g/mol. The van der Waals surface area contributed by atoms with E-state index in [1.165, 1.54) is 19.2 Å². The van der Waals surface area contributed by atoms with Crippen LogP contribution in [-0.4, -0.2) is 54.9 Å². The largest absolute Gasteiger partial charge is 0.494 e. The molecule has 0 radical (unpaired) electrons. The Labute approximate surface area is 142 Å². The third-order valence-corrected chi connectivity index (χ3v) is 4.30. The average Bonchev–Trinajstić information content (AvgIpc) is 2.60. The molecule has 1 aromatic rings. The zero-order valence-corrected chi connectivity index (χ0v) is 14.4. The molecule has 1 aliphatic rings. The van der Waals surface area contributed by atoms with Crippen LogP contribution in [0.2, 0.25) is 0 Å². The van der Waals surface area contributed by atoms with Crippen molar-refractivity contribution in [1.82, 2.24) is 9.80 Å². The fraction of sp³-hybridized carbons (Fsp3) is 0.556. The number of unbranched alkanes of at least 4 members (excludes halogenated alkanes) is 1. The first-order valence-electron chi connectivity index (χ1n) is 8.43. The van der Waals surface area contributed by atoms with E-state index < -0.39 is 5.82 Å². The van der Waals surface area contributed by atoms with Crippen molar-refractivity contribution in [3.63, 3.8) is 0 Å². The molecule has 0 saturated carbocycles. The smallest absolute Gasteiger partial charge is 0.227 e. The molecular formula is C18H25FN2O3. The number of rotatable bonds is 6. The number of carbonyl (C=O) groups is 2. The minimum Gasteiger partial charge on any atom is -0.494 e. The molecule has 1 aliphatic heterocycles. The van der Waals surface area contributed by atoms with Gasteiger partial charge in [-0.05, 0) is 24.1 Å². The second kappa shape index (κ2) is 8.66. The van der Waals surface area contributed by atoms with E-state index in [0.717, 1.165) is 12.8 Å². The first-order chi connectivity index (χ1) is 11.5. The number of benzene rings is 1. The Morgan fingerprint density at radius 3 is 2.29 bits per heavy atom. The van der Waals surface area contributed by atoms with E-state index in [-0.39, 0.29) is 24.0 Å². The van der Waals surface area contributed by atoms with Gasteiger partial charge < -0.3 is 14.5 Å². The van der Waals surface area contributed by atoms with E-state index in [1.54, 1.807) is 11.0 Å². The first-order valence-corrected chi connectivity index (χ1v) is 8.43. The number of halogens is 1. The van der Waals surface area contributed by atoms with E-state index in [4.69, 9.17) is 4.74 Å².